The molecule has 1 aromatic carbocycles. The van der Waals surface area contributed by atoms with E-state index < -0.39 is 0 Å². The third-order valence-corrected chi connectivity index (χ3v) is 4.05. The van der Waals surface area contributed by atoms with Crippen molar-refractivity contribution in [3.8, 4) is 5.75 Å². The van der Waals surface area contributed by atoms with Crippen molar-refractivity contribution in [3.63, 3.8) is 0 Å². The minimum absolute atomic E-state index is 0.114. The van der Waals surface area contributed by atoms with E-state index in [1.165, 1.54) is 24.0 Å². The maximum absolute atomic E-state index is 6.48. The van der Waals surface area contributed by atoms with Crippen LogP contribution < -0.4 is 10.5 Å². The molecule has 1 aliphatic rings. The molecule has 2 unspecified atom stereocenters. The van der Waals surface area contributed by atoms with E-state index in [2.05, 4.69) is 30.9 Å². The Balaban J connectivity index is 2.18. The molecule has 0 fully saturated rings. The summed E-state index contributed by atoms with van der Waals surface area (Å²) in [6.45, 7) is 6.74. The van der Waals surface area contributed by atoms with Gasteiger partial charge in [0.25, 0.3) is 0 Å². The zero-order chi connectivity index (χ0) is 13.8. The van der Waals surface area contributed by atoms with Gasteiger partial charge in [0.05, 0.1) is 7.11 Å². The van der Waals surface area contributed by atoms with Gasteiger partial charge in [0.2, 0.25) is 0 Å². The van der Waals surface area contributed by atoms with Crippen molar-refractivity contribution in [1.82, 2.24) is 4.90 Å². The van der Waals surface area contributed by atoms with Crippen LogP contribution in [-0.4, -0.2) is 31.1 Å². The summed E-state index contributed by atoms with van der Waals surface area (Å²) in [5, 5.41) is 0. The van der Waals surface area contributed by atoms with Crippen LogP contribution in [-0.2, 0) is 6.42 Å². The summed E-state index contributed by atoms with van der Waals surface area (Å²) >= 11 is 0. The van der Waals surface area contributed by atoms with E-state index in [1.807, 2.05) is 6.07 Å². The third-order valence-electron chi connectivity index (χ3n) is 4.05. The van der Waals surface area contributed by atoms with Gasteiger partial charge >= 0.3 is 0 Å². The summed E-state index contributed by atoms with van der Waals surface area (Å²) in [5.74, 6) is 0.910. The standard InChI is InChI=1S/C16H26N2O/c1-4-8-18(9-5-2)15-10-12-6-7-13(19-3)11-14(12)16(15)17/h6-7,11,15-16H,4-5,8-10,17H2,1-3H3. The smallest absolute Gasteiger partial charge is 0.119 e. The minimum Gasteiger partial charge on any atom is -0.497 e. The van der Waals surface area contributed by atoms with Crippen molar-refractivity contribution < 1.29 is 4.74 Å². The van der Waals surface area contributed by atoms with Crippen LogP contribution in [0.2, 0.25) is 0 Å². The predicted octanol–water partition coefficient (Wildman–Crippen LogP) is 2.74. The van der Waals surface area contributed by atoms with Gasteiger partial charge in [-0.1, -0.05) is 19.9 Å². The van der Waals surface area contributed by atoms with Crippen LogP contribution in [0.4, 0.5) is 0 Å². The molecule has 0 aliphatic heterocycles. The molecule has 2 N–H and O–H groups in total. The van der Waals surface area contributed by atoms with Gasteiger partial charge in [-0.2, -0.15) is 0 Å². The van der Waals surface area contributed by atoms with E-state index in [9.17, 15) is 0 Å². The minimum atomic E-state index is 0.114. The molecule has 0 radical (unpaired) electrons. The fraction of sp³-hybridized carbons (Fsp3) is 0.625. The largest absolute Gasteiger partial charge is 0.497 e. The zero-order valence-electron chi connectivity index (χ0n) is 12.4. The van der Waals surface area contributed by atoms with E-state index in [0.29, 0.717) is 6.04 Å². The molecule has 106 valence electrons. The third kappa shape index (κ3) is 2.93. The monoisotopic (exact) mass is 262 g/mol. The first-order chi connectivity index (χ1) is 9.21. The molecule has 0 aromatic heterocycles. The second-order valence-electron chi connectivity index (χ2n) is 5.40. The lowest BCUT2D eigenvalue weighted by Gasteiger charge is -2.31. The van der Waals surface area contributed by atoms with Gasteiger partial charge in [0.15, 0.2) is 0 Å². The molecule has 1 aliphatic carbocycles. The van der Waals surface area contributed by atoms with Crippen LogP contribution in [0, 0.1) is 0 Å². The summed E-state index contributed by atoms with van der Waals surface area (Å²) in [6.07, 6.45) is 3.44. The number of fused-ring (bicyclic) bond motifs is 1. The van der Waals surface area contributed by atoms with E-state index >= 15 is 0 Å². The molecule has 0 spiro atoms. The van der Waals surface area contributed by atoms with Gasteiger partial charge in [0, 0.05) is 12.1 Å². The number of ether oxygens (including phenoxy) is 1. The van der Waals surface area contributed by atoms with Gasteiger partial charge in [-0.3, -0.25) is 4.90 Å². The Bertz CT molecular complexity index is 413. The normalized spacial score (nSPS) is 21.7. The number of methoxy groups -OCH3 is 1. The summed E-state index contributed by atoms with van der Waals surface area (Å²) < 4.78 is 5.31. The fourth-order valence-electron chi connectivity index (χ4n) is 3.13. The Kier molecular flexibility index (Phi) is 4.83. The molecule has 2 rings (SSSR count). The quantitative estimate of drug-likeness (QED) is 0.856. The number of hydrogen-bond donors (Lipinski definition) is 1. The van der Waals surface area contributed by atoms with E-state index in [1.54, 1.807) is 7.11 Å². The lowest BCUT2D eigenvalue weighted by molar-refractivity contribution is 0.180. The highest BCUT2D eigenvalue weighted by molar-refractivity contribution is 5.42. The second kappa shape index (κ2) is 6.40. The molecule has 0 heterocycles. The van der Waals surface area contributed by atoms with Crippen LogP contribution in [0.3, 0.4) is 0 Å². The average Bonchev–Trinajstić information content (AvgIpc) is 2.75. The van der Waals surface area contributed by atoms with Crippen LogP contribution in [0.25, 0.3) is 0 Å². The summed E-state index contributed by atoms with van der Waals surface area (Å²) in [4.78, 5) is 2.55. The first-order valence-electron chi connectivity index (χ1n) is 7.37. The highest BCUT2D eigenvalue weighted by Gasteiger charge is 2.33. The molecule has 0 saturated heterocycles. The van der Waals surface area contributed by atoms with Crippen molar-refractivity contribution in [3.05, 3.63) is 29.3 Å². The first kappa shape index (κ1) is 14.4. The van der Waals surface area contributed by atoms with Crippen LogP contribution >= 0.6 is 0 Å². The van der Waals surface area contributed by atoms with Crippen molar-refractivity contribution in [2.24, 2.45) is 5.73 Å². The number of hydrogen-bond acceptors (Lipinski definition) is 3. The molecule has 3 nitrogen and oxygen atoms in total. The van der Waals surface area contributed by atoms with E-state index in [4.69, 9.17) is 10.5 Å². The van der Waals surface area contributed by atoms with Gasteiger partial charge in [-0.05, 0) is 55.6 Å². The Morgan fingerprint density at radius 1 is 1.26 bits per heavy atom. The fourth-order valence-corrected chi connectivity index (χ4v) is 3.13. The number of nitrogens with zero attached hydrogens (tertiary/aromatic N) is 1. The van der Waals surface area contributed by atoms with Crippen LogP contribution in [0.5, 0.6) is 5.75 Å². The van der Waals surface area contributed by atoms with E-state index in [0.717, 1.165) is 25.3 Å². The lowest BCUT2D eigenvalue weighted by atomic mass is 10.1. The predicted molar refractivity (Wildman–Crippen MR) is 79.6 cm³/mol. The molecule has 3 heteroatoms. The van der Waals surface area contributed by atoms with Gasteiger partial charge < -0.3 is 10.5 Å². The molecule has 0 saturated carbocycles. The van der Waals surface area contributed by atoms with Crippen LogP contribution in [0.1, 0.15) is 43.9 Å². The lowest BCUT2D eigenvalue weighted by Crippen LogP contribution is -2.42. The molecular formula is C16H26N2O. The maximum Gasteiger partial charge on any atom is 0.119 e. The van der Waals surface area contributed by atoms with Gasteiger partial charge in [0.1, 0.15) is 5.75 Å². The molecule has 0 amide bonds. The highest BCUT2D eigenvalue weighted by Crippen LogP contribution is 2.35. The van der Waals surface area contributed by atoms with Crippen molar-refractivity contribution in [2.45, 2.75) is 45.2 Å². The SMILES string of the molecule is CCCN(CCC)C1Cc2ccc(OC)cc2C1N. The first-order valence-corrected chi connectivity index (χ1v) is 7.37. The van der Waals surface area contributed by atoms with Crippen LogP contribution in [0.15, 0.2) is 18.2 Å². The average molecular weight is 262 g/mol. The molecule has 2 atom stereocenters. The Morgan fingerprint density at radius 2 is 1.95 bits per heavy atom. The number of benzene rings is 1. The summed E-state index contributed by atoms with van der Waals surface area (Å²) in [7, 11) is 1.71. The highest BCUT2D eigenvalue weighted by atomic mass is 16.5. The Morgan fingerprint density at radius 3 is 2.53 bits per heavy atom. The van der Waals surface area contributed by atoms with Gasteiger partial charge in [-0.25, -0.2) is 0 Å². The molecule has 0 bridgehead atoms. The molecular weight excluding hydrogens is 236 g/mol. The summed E-state index contributed by atoms with van der Waals surface area (Å²) in [5.41, 5.74) is 9.13. The van der Waals surface area contributed by atoms with E-state index in [-0.39, 0.29) is 6.04 Å². The Labute approximate surface area is 116 Å². The van der Waals surface area contributed by atoms with Crippen molar-refractivity contribution >= 4 is 0 Å². The molecule has 1 aromatic rings. The summed E-state index contributed by atoms with van der Waals surface area (Å²) in [6, 6.07) is 6.88. The number of nitrogens with two attached hydrogens (primary N) is 1. The topological polar surface area (TPSA) is 38.5 Å². The Hall–Kier alpha value is -1.06. The van der Waals surface area contributed by atoms with Crippen molar-refractivity contribution in [2.75, 3.05) is 20.2 Å². The second-order valence-corrected chi connectivity index (χ2v) is 5.40. The maximum atomic E-state index is 6.48. The van der Waals surface area contributed by atoms with Gasteiger partial charge in [-0.15, -0.1) is 0 Å². The van der Waals surface area contributed by atoms with Crippen molar-refractivity contribution in [1.29, 1.82) is 0 Å². The number of rotatable bonds is 6. The molecule has 19 heavy (non-hydrogen) atoms. The zero-order valence-corrected chi connectivity index (χ0v) is 12.4.